The fraction of sp³-hybridized carbons (Fsp3) is 0.500. The molecule has 0 saturated carbocycles. The SMILES string of the molecule is Nc1ccc(O[C@H]2CO[C@@H]3[C@@H](CC(=O)O)CO[C@H]32)c(Cl)c1. The Kier molecular flexibility index (Phi) is 3.93. The number of carbonyl (C=O) groups is 1. The lowest BCUT2D eigenvalue weighted by atomic mass is 9.98. The average Bonchev–Trinajstić information content (AvgIpc) is 2.97. The minimum absolute atomic E-state index is 0.0382. The number of nitrogen functional groups attached to an aromatic ring is 1. The zero-order valence-electron chi connectivity index (χ0n) is 11.2. The molecule has 4 atom stereocenters. The Morgan fingerprint density at radius 2 is 2.14 bits per heavy atom. The Morgan fingerprint density at radius 1 is 1.38 bits per heavy atom. The Morgan fingerprint density at radius 3 is 2.86 bits per heavy atom. The molecular weight excluding hydrogens is 298 g/mol. The van der Waals surface area contributed by atoms with E-state index in [1.54, 1.807) is 18.2 Å². The Labute approximate surface area is 126 Å². The van der Waals surface area contributed by atoms with E-state index in [-0.39, 0.29) is 30.7 Å². The predicted molar refractivity (Wildman–Crippen MR) is 75.5 cm³/mol. The summed E-state index contributed by atoms with van der Waals surface area (Å²) in [5.41, 5.74) is 6.20. The molecule has 21 heavy (non-hydrogen) atoms. The number of nitrogens with two attached hydrogens (primary N) is 1. The number of benzene rings is 1. The van der Waals surface area contributed by atoms with Crippen molar-refractivity contribution in [3.05, 3.63) is 23.2 Å². The van der Waals surface area contributed by atoms with Gasteiger partial charge in [0.2, 0.25) is 0 Å². The summed E-state index contributed by atoms with van der Waals surface area (Å²) in [5, 5.41) is 9.31. The number of aliphatic carboxylic acids is 1. The first-order valence-corrected chi connectivity index (χ1v) is 7.09. The van der Waals surface area contributed by atoms with Crippen LogP contribution in [0.2, 0.25) is 5.02 Å². The van der Waals surface area contributed by atoms with E-state index in [1.165, 1.54) is 0 Å². The molecule has 2 fully saturated rings. The van der Waals surface area contributed by atoms with Crippen molar-refractivity contribution in [3.63, 3.8) is 0 Å². The molecule has 0 aliphatic carbocycles. The summed E-state index contributed by atoms with van der Waals surface area (Å²) in [4.78, 5) is 10.8. The molecule has 2 aliphatic heterocycles. The van der Waals surface area contributed by atoms with Gasteiger partial charge in [-0.1, -0.05) is 11.6 Å². The first kappa shape index (κ1) is 14.4. The van der Waals surface area contributed by atoms with Gasteiger partial charge in [0.05, 0.1) is 30.8 Å². The molecule has 0 aromatic heterocycles. The van der Waals surface area contributed by atoms with Crippen molar-refractivity contribution < 1.29 is 24.1 Å². The molecule has 0 unspecified atom stereocenters. The molecule has 3 N–H and O–H groups in total. The number of carboxylic acid groups (broad SMARTS) is 1. The fourth-order valence-corrected chi connectivity index (χ4v) is 3.05. The molecule has 0 radical (unpaired) electrons. The van der Waals surface area contributed by atoms with E-state index < -0.39 is 5.97 Å². The number of anilines is 1. The van der Waals surface area contributed by atoms with Crippen molar-refractivity contribution >= 4 is 23.3 Å². The highest BCUT2D eigenvalue weighted by Gasteiger charge is 2.49. The van der Waals surface area contributed by atoms with Crippen molar-refractivity contribution in [2.75, 3.05) is 18.9 Å². The highest BCUT2D eigenvalue weighted by molar-refractivity contribution is 6.32. The van der Waals surface area contributed by atoms with Crippen molar-refractivity contribution in [1.82, 2.24) is 0 Å². The number of fused-ring (bicyclic) bond motifs is 1. The van der Waals surface area contributed by atoms with Crippen LogP contribution in [0.25, 0.3) is 0 Å². The minimum Gasteiger partial charge on any atom is -0.484 e. The predicted octanol–water partition coefficient (Wildman–Crippen LogP) is 1.56. The van der Waals surface area contributed by atoms with Gasteiger partial charge in [-0.05, 0) is 18.2 Å². The van der Waals surface area contributed by atoms with Crippen LogP contribution in [0.1, 0.15) is 6.42 Å². The average molecular weight is 314 g/mol. The number of rotatable bonds is 4. The molecule has 3 rings (SSSR count). The van der Waals surface area contributed by atoms with E-state index in [2.05, 4.69) is 0 Å². The fourth-order valence-electron chi connectivity index (χ4n) is 2.82. The molecule has 1 aromatic carbocycles. The van der Waals surface area contributed by atoms with Crippen LogP contribution in [0, 0.1) is 5.92 Å². The zero-order chi connectivity index (χ0) is 15.0. The van der Waals surface area contributed by atoms with Crippen LogP contribution in [-0.4, -0.2) is 42.6 Å². The van der Waals surface area contributed by atoms with Gasteiger partial charge in [0.1, 0.15) is 11.9 Å². The van der Waals surface area contributed by atoms with Gasteiger partial charge in [-0.25, -0.2) is 0 Å². The second-order valence-electron chi connectivity index (χ2n) is 5.30. The normalized spacial score (nSPS) is 31.1. The van der Waals surface area contributed by atoms with Gasteiger partial charge < -0.3 is 25.1 Å². The third kappa shape index (κ3) is 2.92. The van der Waals surface area contributed by atoms with Crippen LogP contribution in [0.5, 0.6) is 5.75 Å². The lowest BCUT2D eigenvalue weighted by molar-refractivity contribution is -0.138. The smallest absolute Gasteiger partial charge is 0.303 e. The molecule has 0 bridgehead atoms. The summed E-state index contributed by atoms with van der Waals surface area (Å²) < 4.78 is 17.2. The molecule has 0 amide bonds. The van der Waals surface area contributed by atoms with Crippen LogP contribution in [-0.2, 0) is 14.3 Å². The monoisotopic (exact) mass is 313 g/mol. The Hall–Kier alpha value is -1.50. The summed E-state index contributed by atoms with van der Waals surface area (Å²) in [5.74, 6) is -0.466. The van der Waals surface area contributed by atoms with Gasteiger partial charge in [0.25, 0.3) is 0 Å². The number of halogens is 1. The van der Waals surface area contributed by atoms with Crippen molar-refractivity contribution in [2.24, 2.45) is 5.92 Å². The van der Waals surface area contributed by atoms with Gasteiger partial charge in [0, 0.05) is 11.6 Å². The maximum atomic E-state index is 10.8. The van der Waals surface area contributed by atoms with E-state index in [0.29, 0.717) is 29.7 Å². The lowest BCUT2D eigenvalue weighted by Gasteiger charge is -2.19. The number of carboxylic acids is 1. The van der Waals surface area contributed by atoms with Crippen molar-refractivity contribution in [1.29, 1.82) is 0 Å². The highest BCUT2D eigenvalue weighted by atomic mass is 35.5. The van der Waals surface area contributed by atoms with Gasteiger partial charge in [0.15, 0.2) is 6.10 Å². The second-order valence-corrected chi connectivity index (χ2v) is 5.71. The van der Waals surface area contributed by atoms with Crippen LogP contribution in [0.15, 0.2) is 18.2 Å². The minimum atomic E-state index is -0.848. The molecule has 2 saturated heterocycles. The standard InChI is InChI=1S/C14H16ClNO5/c15-9-4-8(16)1-2-10(9)21-11-6-20-13-7(3-12(17)18)5-19-14(11)13/h1-2,4,7,11,13-14H,3,5-6,16H2,(H,17,18)/t7-,11-,13+,14-/m0/s1. The quantitative estimate of drug-likeness (QED) is 0.820. The van der Waals surface area contributed by atoms with Crippen molar-refractivity contribution in [3.8, 4) is 5.75 Å². The Bertz CT molecular complexity index is 552. The van der Waals surface area contributed by atoms with Crippen LogP contribution < -0.4 is 10.5 Å². The first-order valence-electron chi connectivity index (χ1n) is 6.71. The van der Waals surface area contributed by atoms with E-state index in [9.17, 15) is 4.79 Å². The maximum absolute atomic E-state index is 10.8. The number of ether oxygens (including phenoxy) is 3. The maximum Gasteiger partial charge on any atom is 0.303 e. The second kappa shape index (κ2) is 5.71. The first-order chi connectivity index (χ1) is 10.0. The van der Waals surface area contributed by atoms with Gasteiger partial charge >= 0.3 is 5.97 Å². The summed E-state index contributed by atoms with van der Waals surface area (Å²) in [6.45, 7) is 0.725. The Balaban J connectivity index is 1.67. The summed E-state index contributed by atoms with van der Waals surface area (Å²) in [6.07, 6.45) is -0.757. The molecule has 6 nitrogen and oxygen atoms in total. The van der Waals surface area contributed by atoms with Crippen LogP contribution >= 0.6 is 11.6 Å². The lowest BCUT2D eigenvalue weighted by Crippen LogP contribution is -2.33. The van der Waals surface area contributed by atoms with Crippen LogP contribution in [0.3, 0.4) is 0 Å². The third-order valence-corrected chi connectivity index (χ3v) is 4.08. The topological polar surface area (TPSA) is 91.0 Å². The van der Waals surface area contributed by atoms with Gasteiger partial charge in [-0.2, -0.15) is 0 Å². The summed E-state index contributed by atoms with van der Waals surface area (Å²) >= 11 is 6.08. The van der Waals surface area contributed by atoms with Crippen LogP contribution in [0.4, 0.5) is 5.69 Å². The molecule has 2 aliphatic rings. The molecule has 2 heterocycles. The van der Waals surface area contributed by atoms with E-state index >= 15 is 0 Å². The van der Waals surface area contributed by atoms with E-state index in [4.69, 9.17) is 36.7 Å². The largest absolute Gasteiger partial charge is 0.484 e. The van der Waals surface area contributed by atoms with Gasteiger partial charge in [-0.15, -0.1) is 0 Å². The number of hydrogen-bond donors (Lipinski definition) is 2. The van der Waals surface area contributed by atoms with E-state index in [0.717, 1.165) is 0 Å². The van der Waals surface area contributed by atoms with Gasteiger partial charge in [-0.3, -0.25) is 4.79 Å². The number of hydrogen-bond acceptors (Lipinski definition) is 5. The molecule has 114 valence electrons. The zero-order valence-corrected chi connectivity index (χ0v) is 12.0. The summed E-state index contributed by atoms with van der Waals surface area (Å²) in [6, 6.07) is 5.03. The highest BCUT2D eigenvalue weighted by Crippen LogP contribution is 2.36. The third-order valence-electron chi connectivity index (χ3n) is 3.78. The molecule has 1 aromatic rings. The molecule has 0 spiro atoms. The summed E-state index contributed by atoms with van der Waals surface area (Å²) in [7, 11) is 0. The van der Waals surface area contributed by atoms with E-state index in [1.807, 2.05) is 0 Å². The van der Waals surface area contributed by atoms with Crippen molar-refractivity contribution in [2.45, 2.75) is 24.7 Å². The molecular formula is C14H16ClNO5. The molecule has 7 heteroatoms.